The molecule has 5 nitrogen and oxygen atoms in total. The Labute approximate surface area is 134 Å². The van der Waals surface area contributed by atoms with Crippen molar-refractivity contribution in [2.24, 2.45) is 0 Å². The molecule has 0 saturated carbocycles. The van der Waals surface area contributed by atoms with Gasteiger partial charge in [-0.2, -0.15) is 0 Å². The normalized spacial score (nSPS) is 13.0. The van der Waals surface area contributed by atoms with Crippen LogP contribution in [0.2, 0.25) is 0 Å². The van der Waals surface area contributed by atoms with E-state index in [2.05, 4.69) is 0 Å². The molecule has 2 aromatic rings. The van der Waals surface area contributed by atoms with E-state index in [4.69, 9.17) is 9.47 Å². The minimum Gasteiger partial charge on any atom is -0.463 e. The van der Waals surface area contributed by atoms with Crippen molar-refractivity contribution in [1.29, 1.82) is 0 Å². The number of esters is 2. The Bertz CT molecular complexity index is 639. The number of hydrogen-bond acceptors (Lipinski definition) is 5. The molecule has 0 spiro atoms. The maximum absolute atomic E-state index is 12.2. The van der Waals surface area contributed by atoms with Gasteiger partial charge in [0.25, 0.3) is 0 Å². The second kappa shape index (κ2) is 8.10. The molecule has 2 unspecified atom stereocenters. The number of aliphatic hydroxyl groups excluding tert-OH is 1. The van der Waals surface area contributed by atoms with Crippen molar-refractivity contribution in [1.82, 2.24) is 0 Å². The Morgan fingerprint density at radius 2 is 1.43 bits per heavy atom. The van der Waals surface area contributed by atoms with Crippen LogP contribution in [0.1, 0.15) is 30.3 Å². The van der Waals surface area contributed by atoms with Gasteiger partial charge < -0.3 is 14.6 Å². The van der Waals surface area contributed by atoms with E-state index < -0.39 is 24.1 Å². The molecular formula is C18H18O5. The molecule has 0 bridgehead atoms. The first-order chi connectivity index (χ1) is 11.1. The standard InChI is InChI=1S/C18H18O5/c1-2-22-18(21)16(14-11-7-4-8-12-14)23-17(20)15(19)13-9-5-3-6-10-13/h3-12,15-16,19H,2H2,1H3. The SMILES string of the molecule is CCOC(=O)C(OC(=O)C(O)c1ccccc1)c1ccccc1. The predicted octanol–water partition coefficient (Wildman–Crippen LogP) is 2.57. The number of carbonyl (C=O) groups excluding carboxylic acids is 2. The van der Waals surface area contributed by atoms with Crippen molar-refractivity contribution < 1.29 is 24.2 Å². The van der Waals surface area contributed by atoms with Gasteiger partial charge in [0, 0.05) is 5.56 Å². The lowest BCUT2D eigenvalue weighted by atomic mass is 10.1. The van der Waals surface area contributed by atoms with Crippen LogP contribution in [0.4, 0.5) is 0 Å². The van der Waals surface area contributed by atoms with E-state index in [1.54, 1.807) is 67.6 Å². The second-order valence-electron chi connectivity index (χ2n) is 4.79. The highest BCUT2D eigenvalue weighted by Gasteiger charge is 2.29. The molecule has 1 N–H and O–H groups in total. The minimum absolute atomic E-state index is 0.168. The second-order valence-corrected chi connectivity index (χ2v) is 4.79. The summed E-state index contributed by atoms with van der Waals surface area (Å²) in [5, 5.41) is 10.1. The molecule has 0 aliphatic carbocycles. The van der Waals surface area contributed by atoms with Gasteiger partial charge in [-0.15, -0.1) is 0 Å². The molecule has 0 amide bonds. The van der Waals surface area contributed by atoms with E-state index in [-0.39, 0.29) is 6.61 Å². The Kier molecular flexibility index (Phi) is 5.88. The summed E-state index contributed by atoms with van der Waals surface area (Å²) >= 11 is 0. The Hall–Kier alpha value is -2.66. The molecule has 0 aliphatic heterocycles. The summed E-state index contributed by atoms with van der Waals surface area (Å²) in [5.41, 5.74) is 0.882. The third-order valence-electron chi connectivity index (χ3n) is 3.18. The van der Waals surface area contributed by atoms with Gasteiger partial charge in [0.05, 0.1) is 6.61 Å². The number of hydrogen-bond donors (Lipinski definition) is 1. The molecule has 0 aromatic heterocycles. The highest BCUT2D eigenvalue weighted by atomic mass is 16.6. The van der Waals surface area contributed by atoms with Crippen LogP contribution < -0.4 is 0 Å². The lowest BCUT2D eigenvalue weighted by Gasteiger charge is -2.19. The summed E-state index contributed by atoms with van der Waals surface area (Å²) in [5.74, 6) is -1.58. The van der Waals surface area contributed by atoms with Gasteiger partial charge in [0.15, 0.2) is 6.10 Å². The zero-order chi connectivity index (χ0) is 16.7. The van der Waals surface area contributed by atoms with E-state index in [1.807, 2.05) is 0 Å². The maximum Gasteiger partial charge on any atom is 0.352 e. The van der Waals surface area contributed by atoms with Crippen molar-refractivity contribution in [3.05, 3.63) is 71.8 Å². The minimum atomic E-state index is -1.46. The molecule has 0 heterocycles. The number of aliphatic hydroxyl groups is 1. The zero-order valence-corrected chi connectivity index (χ0v) is 12.7. The van der Waals surface area contributed by atoms with Crippen LogP contribution in [-0.2, 0) is 19.1 Å². The first-order valence-electron chi connectivity index (χ1n) is 7.28. The van der Waals surface area contributed by atoms with E-state index in [0.29, 0.717) is 11.1 Å². The quantitative estimate of drug-likeness (QED) is 0.830. The number of carbonyl (C=O) groups is 2. The van der Waals surface area contributed by atoms with E-state index in [0.717, 1.165) is 0 Å². The summed E-state index contributed by atoms with van der Waals surface area (Å²) in [6, 6.07) is 16.9. The first-order valence-corrected chi connectivity index (χ1v) is 7.28. The fourth-order valence-corrected chi connectivity index (χ4v) is 2.05. The number of rotatable bonds is 6. The Balaban J connectivity index is 2.17. The number of benzene rings is 2. The summed E-state index contributed by atoms with van der Waals surface area (Å²) in [6.07, 6.45) is -2.67. The Morgan fingerprint density at radius 1 is 0.913 bits per heavy atom. The Morgan fingerprint density at radius 3 is 1.96 bits per heavy atom. The van der Waals surface area contributed by atoms with Crippen LogP contribution in [0.3, 0.4) is 0 Å². The molecule has 2 rings (SSSR count). The summed E-state index contributed by atoms with van der Waals surface area (Å²) in [7, 11) is 0. The molecule has 0 saturated heterocycles. The largest absolute Gasteiger partial charge is 0.463 e. The van der Waals surface area contributed by atoms with Crippen LogP contribution in [0.15, 0.2) is 60.7 Å². The molecule has 0 aliphatic rings. The van der Waals surface area contributed by atoms with Crippen molar-refractivity contribution >= 4 is 11.9 Å². The predicted molar refractivity (Wildman–Crippen MR) is 83.3 cm³/mol. The van der Waals surface area contributed by atoms with Gasteiger partial charge in [-0.1, -0.05) is 60.7 Å². The average Bonchev–Trinajstić information content (AvgIpc) is 2.60. The molecule has 0 fully saturated rings. The topological polar surface area (TPSA) is 72.8 Å². The third-order valence-corrected chi connectivity index (χ3v) is 3.18. The van der Waals surface area contributed by atoms with Crippen molar-refractivity contribution in [2.45, 2.75) is 19.1 Å². The van der Waals surface area contributed by atoms with Crippen LogP contribution in [-0.4, -0.2) is 23.7 Å². The summed E-state index contributed by atoms with van der Waals surface area (Å²) in [4.78, 5) is 24.2. The zero-order valence-electron chi connectivity index (χ0n) is 12.7. The molecule has 5 heteroatoms. The fraction of sp³-hybridized carbons (Fsp3) is 0.222. The van der Waals surface area contributed by atoms with Gasteiger partial charge in [-0.05, 0) is 12.5 Å². The lowest BCUT2D eigenvalue weighted by Crippen LogP contribution is -2.25. The molecular weight excluding hydrogens is 296 g/mol. The van der Waals surface area contributed by atoms with E-state index >= 15 is 0 Å². The van der Waals surface area contributed by atoms with Crippen LogP contribution in [0, 0.1) is 0 Å². The van der Waals surface area contributed by atoms with E-state index in [1.165, 1.54) is 0 Å². The smallest absolute Gasteiger partial charge is 0.352 e. The monoisotopic (exact) mass is 314 g/mol. The highest BCUT2D eigenvalue weighted by Crippen LogP contribution is 2.23. The van der Waals surface area contributed by atoms with Gasteiger partial charge in [-0.25, -0.2) is 9.59 Å². The van der Waals surface area contributed by atoms with Gasteiger partial charge in [0.2, 0.25) is 6.10 Å². The van der Waals surface area contributed by atoms with Crippen molar-refractivity contribution in [3.8, 4) is 0 Å². The maximum atomic E-state index is 12.2. The van der Waals surface area contributed by atoms with Crippen molar-refractivity contribution in [2.75, 3.05) is 6.61 Å². The van der Waals surface area contributed by atoms with Crippen molar-refractivity contribution in [3.63, 3.8) is 0 Å². The first kappa shape index (κ1) is 16.7. The fourth-order valence-electron chi connectivity index (χ4n) is 2.05. The molecule has 120 valence electrons. The average molecular weight is 314 g/mol. The van der Waals surface area contributed by atoms with E-state index in [9.17, 15) is 14.7 Å². The van der Waals surface area contributed by atoms with Crippen LogP contribution >= 0.6 is 0 Å². The summed E-state index contributed by atoms with van der Waals surface area (Å²) < 4.78 is 10.2. The third kappa shape index (κ3) is 4.40. The molecule has 23 heavy (non-hydrogen) atoms. The molecule has 0 radical (unpaired) electrons. The lowest BCUT2D eigenvalue weighted by molar-refractivity contribution is -0.174. The van der Waals surface area contributed by atoms with Gasteiger partial charge in [-0.3, -0.25) is 0 Å². The highest BCUT2D eigenvalue weighted by molar-refractivity contribution is 5.83. The van der Waals surface area contributed by atoms with Gasteiger partial charge >= 0.3 is 11.9 Å². The van der Waals surface area contributed by atoms with Crippen LogP contribution in [0.5, 0.6) is 0 Å². The summed E-state index contributed by atoms with van der Waals surface area (Å²) in [6.45, 7) is 1.83. The molecule has 2 aromatic carbocycles. The number of ether oxygens (including phenoxy) is 2. The molecule has 2 atom stereocenters. The van der Waals surface area contributed by atoms with Crippen LogP contribution in [0.25, 0.3) is 0 Å². The van der Waals surface area contributed by atoms with Gasteiger partial charge in [0.1, 0.15) is 0 Å².